The summed E-state index contributed by atoms with van der Waals surface area (Å²) in [5.41, 5.74) is 1.29. The molecule has 0 fully saturated rings. The maximum absolute atomic E-state index is 12.2. The number of hydrogen-bond acceptors (Lipinski definition) is 4. The van der Waals surface area contributed by atoms with Crippen molar-refractivity contribution in [1.82, 2.24) is 5.32 Å². The van der Waals surface area contributed by atoms with Crippen LogP contribution in [0.1, 0.15) is 53.0 Å². The summed E-state index contributed by atoms with van der Waals surface area (Å²) in [6.07, 6.45) is 5.51. The molecule has 1 aromatic carbocycles. The molecule has 0 radical (unpaired) electrons. The third-order valence-corrected chi connectivity index (χ3v) is 4.37. The van der Waals surface area contributed by atoms with Crippen LogP contribution in [0.25, 0.3) is 0 Å². The molecule has 2 atom stereocenters. The minimum atomic E-state index is -0.912. The quantitative estimate of drug-likeness (QED) is 0.353. The van der Waals surface area contributed by atoms with E-state index in [9.17, 15) is 14.7 Å². The van der Waals surface area contributed by atoms with Crippen LogP contribution in [0.5, 0.6) is 0 Å². The fraction of sp³-hybridized carbons (Fsp3) is 0.440. The third-order valence-electron chi connectivity index (χ3n) is 4.37. The average molecular weight is 430 g/mol. The van der Waals surface area contributed by atoms with E-state index in [0.29, 0.717) is 13.0 Å². The molecule has 1 amide bonds. The molecule has 2 N–H and O–H groups in total. The summed E-state index contributed by atoms with van der Waals surface area (Å²) in [4.78, 5) is 23.5. The highest BCUT2D eigenvalue weighted by Gasteiger charge is 2.23. The van der Waals surface area contributed by atoms with E-state index in [-0.39, 0.29) is 6.42 Å². The number of carboxylic acids is 1. The maximum atomic E-state index is 12.2. The van der Waals surface area contributed by atoms with Crippen molar-refractivity contribution in [2.45, 2.75) is 65.7 Å². The first-order valence-corrected chi connectivity index (χ1v) is 10.4. The van der Waals surface area contributed by atoms with Crippen molar-refractivity contribution >= 4 is 12.1 Å². The van der Waals surface area contributed by atoms with E-state index < -0.39 is 29.6 Å². The highest BCUT2D eigenvalue weighted by molar-refractivity contribution is 5.70. The molecular weight excluding hydrogens is 394 g/mol. The lowest BCUT2D eigenvalue weighted by atomic mass is 9.96. The Kier molecular flexibility index (Phi) is 10.6. The van der Waals surface area contributed by atoms with Crippen LogP contribution in [0.15, 0.2) is 66.5 Å². The van der Waals surface area contributed by atoms with Crippen molar-refractivity contribution in [2.75, 3.05) is 0 Å². The van der Waals surface area contributed by atoms with Crippen molar-refractivity contribution in [3.05, 3.63) is 72.0 Å². The van der Waals surface area contributed by atoms with E-state index in [1.54, 1.807) is 33.8 Å². The monoisotopic (exact) mass is 429 g/mol. The van der Waals surface area contributed by atoms with Crippen LogP contribution in [0.3, 0.4) is 0 Å². The van der Waals surface area contributed by atoms with Crippen molar-refractivity contribution in [1.29, 1.82) is 0 Å². The summed E-state index contributed by atoms with van der Waals surface area (Å²) in [5.74, 6) is -0.790. The number of nitrogens with one attached hydrogen (secondary N) is 1. The van der Waals surface area contributed by atoms with Gasteiger partial charge in [0.25, 0.3) is 0 Å². The van der Waals surface area contributed by atoms with Gasteiger partial charge in [-0.2, -0.15) is 0 Å². The molecule has 0 aliphatic carbocycles. The largest absolute Gasteiger partial charge is 0.494 e. The molecule has 0 saturated heterocycles. The lowest BCUT2D eigenvalue weighted by Crippen LogP contribution is -2.40. The van der Waals surface area contributed by atoms with Crippen LogP contribution < -0.4 is 5.32 Å². The van der Waals surface area contributed by atoms with Gasteiger partial charge in [-0.15, -0.1) is 0 Å². The zero-order chi connectivity index (χ0) is 23.4. The van der Waals surface area contributed by atoms with Gasteiger partial charge in [-0.3, -0.25) is 4.79 Å². The van der Waals surface area contributed by atoms with Gasteiger partial charge in [0.15, 0.2) is 0 Å². The number of carbonyl (C=O) groups excluding carboxylic acids is 1. The lowest BCUT2D eigenvalue weighted by molar-refractivity contribution is -0.141. The number of carbonyl (C=O) groups is 2. The summed E-state index contributed by atoms with van der Waals surface area (Å²) in [6.45, 7) is 13.1. The summed E-state index contributed by atoms with van der Waals surface area (Å²) in [7, 11) is 0. The predicted molar refractivity (Wildman–Crippen MR) is 122 cm³/mol. The van der Waals surface area contributed by atoms with Crippen molar-refractivity contribution in [3.8, 4) is 0 Å². The molecule has 170 valence electrons. The molecular formula is C25H35NO5. The zero-order valence-electron chi connectivity index (χ0n) is 19.2. The minimum Gasteiger partial charge on any atom is -0.494 e. The summed E-state index contributed by atoms with van der Waals surface area (Å²) in [6, 6.07) is 9.46. The van der Waals surface area contributed by atoms with Crippen molar-refractivity contribution in [2.24, 2.45) is 5.92 Å². The molecule has 0 aliphatic rings. The number of hydrogen-bond donors (Lipinski definition) is 2. The Morgan fingerprint density at radius 1 is 1.19 bits per heavy atom. The average Bonchev–Trinajstić information content (AvgIpc) is 2.68. The standard InChI is InChI=1S/C25H35NO5/c1-7-20(14-13-19(3)30-17-21-11-9-8-10-12-21)16-22(15-18(2)23(27)28)26-24(29)31-25(4,5)6/h7-14,18,22H,1,15-17H2,2-6H3,(H,26,29)(H,27,28)/b19-13+,20-14+/t18-,22-/m1/s1. The smallest absolute Gasteiger partial charge is 0.407 e. The number of alkyl carbamates (subject to hydrolysis) is 1. The number of ether oxygens (including phenoxy) is 2. The van der Waals surface area contributed by atoms with Gasteiger partial charge < -0.3 is 19.9 Å². The van der Waals surface area contributed by atoms with Gasteiger partial charge in [-0.1, -0.05) is 56.0 Å². The summed E-state index contributed by atoms with van der Waals surface area (Å²) in [5, 5.41) is 12.1. The van der Waals surface area contributed by atoms with E-state index in [1.165, 1.54) is 0 Å². The Labute approximate surface area is 185 Å². The molecule has 0 bridgehead atoms. The molecule has 0 saturated carbocycles. The number of amides is 1. The molecule has 6 heteroatoms. The number of allylic oxidation sites excluding steroid dienone is 4. The third kappa shape index (κ3) is 11.7. The van der Waals surface area contributed by atoms with Crippen molar-refractivity contribution in [3.63, 3.8) is 0 Å². The van der Waals surface area contributed by atoms with Gasteiger partial charge >= 0.3 is 12.1 Å². The first-order valence-electron chi connectivity index (χ1n) is 10.4. The van der Waals surface area contributed by atoms with Gasteiger partial charge in [0, 0.05) is 6.04 Å². The maximum Gasteiger partial charge on any atom is 0.407 e. The van der Waals surface area contributed by atoms with Gasteiger partial charge in [0.2, 0.25) is 0 Å². The predicted octanol–water partition coefficient (Wildman–Crippen LogP) is 5.61. The van der Waals surface area contributed by atoms with E-state index in [2.05, 4.69) is 11.9 Å². The number of benzene rings is 1. The number of carboxylic acid groups (broad SMARTS) is 1. The minimum absolute atomic E-state index is 0.271. The molecule has 1 aromatic rings. The van der Waals surface area contributed by atoms with Gasteiger partial charge in [-0.05, 0) is 57.7 Å². The summed E-state index contributed by atoms with van der Waals surface area (Å²) < 4.78 is 11.1. The Morgan fingerprint density at radius 3 is 2.39 bits per heavy atom. The van der Waals surface area contributed by atoms with Crippen LogP contribution in [0, 0.1) is 5.92 Å². The van der Waals surface area contributed by atoms with E-state index in [4.69, 9.17) is 9.47 Å². The van der Waals surface area contributed by atoms with Gasteiger partial charge in [0.1, 0.15) is 12.2 Å². The SMILES string of the molecule is C=C/C(=C\C=C(/C)OCc1ccccc1)C[C@@H](C[C@@H](C)C(=O)O)NC(=O)OC(C)(C)C. The van der Waals surface area contributed by atoms with Crippen molar-refractivity contribution < 1.29 is 24.2 Å². The topological polar surface area (TPSA) is 84.9 Å². The summed E-state index contributed by atoms with van der Waals surface area (Å²) >= 11 is 0. The molecule has 6 nitrogen and oxygen atoms in total. The fourth-order valence-corrected chi connectivity index (χ4v) is 2.74. The second-order valence-corrected chi connectivity index (χ2v) is 8.52. The highest BCUT2D eigenvalue weighted by atomic mass is 16.6. The fourth-order valence-electron chi connectivity index (χ4n) is 2.74. The normalized spacial score (nSPS) is 14.4. The van der Waals surface area contributed by atoms with E-state index in [0.717, 1.165) is 16.9 Å². The molecule has 1 rings (SSSR count). The van der Waals surface area contributed by atoms with Crippen LogP contribution in [0.4, 0.5) is 4.79 Å². The first kappa shape index (κ1) is 26.0. The second-order valence-electron chi connectivity index (χ2n) is 8.52. The Balaban J connectivity index is 2.82. The first-order chi connectivity index (χ1) is 14.5. The van der Waals surface area contributed by atoms with Crippen LogP contribution in [0.2, 0.25) is 0 Å². The lowest BCUT2D eigenvalue weighted by Gasteiger charge is -2.25. The molecule has 0 aliphatic heterocycles. The zero-order valence-corrected chi connectivity index (χ0v) is 19.2. The van der Waals surface area contributed by atoms with Crippen LogP contribution >= 0.6 is 0 Å². The number of rotatable bonds is 11. The molecule has 0 aromatic heterocycles. The van der Waals surface area contributed by atoms with Gasteiger partial charge in [0.05, 0.1) is 11.7 Å². The number of aliphatic carboxylic acids is 1. The van der Waals surface area contributed by atoms with Crippen LogP contribution in [-0.2, 0) is 20.9 Å². The highest BCUT2D eigenvalue weighted by Crippen LogP contribution is 2.17. The second kappa shape index (κ2) is 12.6. The van der Waals surface area contributed by atoms with Crippen LogP contribution in [-0.4, -0.2) is 28.8 Å². The molecule has 31 heavy (non-hydrogen) atoms. The van der Waals surface area contributed by atoms with E-state index in [1.807, 2.05) is 49.4 Å². The van der Waals surface area contributed by atoms with Gasteiger partial charge in [-0.25, -0.2) is 4.79 Å². The molecule has 0 unspecified atom stereocenters. The molecule has 0 heterocycles. The Morgan fingerprint density at radius 2 is 1.84 bits per heavy atom. The van der Waals surface area contributed by atoms with E-state index >= 15 is 0 Å². The Bertz CT molecular complexity index is 790. The molecule has 0 spiro atoms. The Hall–Kier alpha value is -3.02.